The molecule has 632 valence electrons. The van der Waals surface area contributed by atoms with Crippen LogP contribution in [-0.4, -0.2) is 107 Å². The number of para-hydroxylation sites is 13. The Morgan fingerprint density at radius 3 is 0.769 bits per heavy atom. The summed E-state index contributed by atoms with van der Waals surface area (Å²) in [4.78, 5) is 24.5. The van der Waals surface area contributed by atoms with Crippen molar-refractivity contribution in [2.45, 2.75) is 0 Å². The van der Waals surface area contributed by atoms with Crippen LogP contribution in [0.5, 0.6) is 0 Å². The molecule has 0 spiro atoms. The fourth-order valence-corrected chi connectivity index (χ4v) is 24.2. The maximum absolute atomic E-state index is 13.8. The lowest BCUT2D eigenvalue weighted by Gasteiger charge is -2.16. The van der Waals surface area contributed by atoms with E-state index >= 15 is 0 Å². The van der Waals surface area contributed by atoms with E-state index in [-0.39, 0.29) is 0 Å². The summed E-state index contributed by atoms with van der Waals surface area (Å²) >= 11 is 0. The van der Waals surface area contributed by atoms with Gasteiger partial charge in [0.05, 0.1) is 82.8 Å². The molecule has 1 atom stereocenters. The molecule has 26 rings (SSSR count). The normalized spacial score (nSPS) is 12.9. The number of benzene rings is 16. The van der Waals surface area contributed by atoms with Gasteiger partial charge in [-0.1, -0.05) is 237 Å². The monoisotopic (exact) mass is 1780 g/mol. The summed E-state index contributed by atoms with van der Waals surface area (Å²) < 4.78 is 75.3. The van der Waals surface area contributed by atoms with E-state index < -0.39 is 35.7 Å². The molecule has 0 amide bonds. The third-order valence-corrected chi connectivity index (χ3v) is 34.1. The molecule has 0 aliphatic carbocycles. The van der Waals surface area contributed by atoms with Gasteiger partial charge in [0.2, 0.25) is 0 Å². The van der Waals surface area contributed by atoms with Gasteiger partial charge in [-0.05, 0) is 214 Å². The van der Waals surface area contributed by atoms with Crippen molar-refractivity contribution in [1.82, 2.24) is 46.9 Å². The van der Waals surface area contributed by atoms with Crippen LogP contribution in [0.15, 0.2) is 364 Å². The molecule has 0 aliphatic heterocycles. The number of imidazole rings is 5. The first kappa shape index (κ1) is 81.8. The summed E-state index contributed by atoms with van der Waals surface area (Å²) in [7, 11) is -12.0. The molecule has 0 saturated heterocycles. The van der Waals surface area contributed by atoms with Gasteiger partial charge in [-0.25, -0.2) is 24.9 Å². The van der Waals surface area contributed by atoms with E-state index in [1.807, 2.05) is 230 Å². The molecule has 26 aromatic rings. The molecule has 130 heavy (non-hydrogen) atoms. The fourth-order valence-electron chi connectivity index (χ4n) is 19.0. The Labute approximate surface area is 747 Å². The summed E-state index contributed by atoms with van der Waals surface area (Å²) in [6.07, 6.45) is 0. The van der Waals surface area contributed by atoms with Crippen molar-refractivity contribution in [2.24, 2.45) is 0 Å². The average Bonchev–Trinajstić information content (AvgIpc) is 1.55. The van der Waals surface area contributed by atoms with Gasteiger partial charge >= 0.3 is 0 Å². The number of pyridine rings is 5. The average molecular weight is 1780 g/mol. The number of rotatable bonds is 6. The topological polar surface area (TPSA) is 172 Å². The first-order valence-electron chi connectivity index (χ1n) is 43.2. The van der Waals surface area contributed by atoms with Gasteiger partial charge in [-0.2, -0.15) is 0 Å². The third kappa shape index (κ3) is 13.8. The highest BCUT2D eigenvalue weighted by Gasteiger charge is 2.27. The fraction of sp³-hybridized carbons (Fsp3) is 0.0818. The zero-order chi connectivity index (χ0) is 89.0. The summed E-state index contributed by atoms with van der Waals surface area (Å²) in [5.41, 5.74) is 20.6. The van der Waals surface area contributed by atoms with Crippen LogP contribution in [0, 0.1) is 0 Å². The van der Waals surface area contributed by atoms with Gasteiger partial charge < -0.3 is 22.8 Å². The molecule has 16 aromatic carbocycles. The smallest absolute Gasteiger partial charge is 0.146 e. The Morgan fingerprint density at radius 1 is 0.162 bits per heavy atom. The van der Waals surface area contributed by atoms with Gasteiger partial charge in [0.15, 0.2) is 0 Å². The highest BCUT2D eigenvalue weighted by molar-refractivity contribution is 7.78. The maximum atomic E-state index is 13.8. The summed E-state index contributed by atoms with van der Waals surface area (Å²) in [5, 5.41) is 22.2. The summed E-state index contributed by atoms with van der Waals surface area (Å²) in [6.45, 7) is 16.4. The molecule has 0 bridgehead atoms. The molecule has 10 aromatic heterocycles. The Hall–Kier alpha value is -14.0. The highest BCUT2D eigenvalue weighted by atomic mass is 31.2. The number of hydrogen-bond acceptors (Lipinski definition) is 10. The van der Waals surface area contributed by atoms with Crippen LogP contribution < -0.4 is 31.8 Å². The zero-order valence-electron chi connectivity index (χ0n) is 72.9. The lowest BCUT2D eigenvalue weighted by molar-refractivity contribution is 0.587. The molecule has 15 nitrogen and oxygen atoms in total. The van der Waals surface area contributed by atoms with Crippen LogP contribution in [-0.2, 0) is 22.8 Å². The van der Waals surface area contributed by atoms with Crippen LogP contribution in [0.25, 0.3) is 192 Å². The van der Waals surface area contributed by atoms with Gasteiger partial charge in [-0.3, -0.25) is 22.0 Å². The number of nitrogens with zero attached hydrogens (tertiary/aromatic N) is 10. The van der Waals surface area contributed by atoms with Crippen LogP contribution in [0.4, 0.5) is 0 Å². The Balaban J connectivity index is 0.0000000955. The molecule has 20 heteroatoms. The molecule has 1 unspecified atom stereocenters. The van der Waals surface area contributed by atoms with Crippen LogP contribution in [0.3, 0.4) is 0 Å². The van der Waals surface area contributed by atoms with Crippen molar-refractivity contribution in [3.05, 3.63) is 364 Å². The third-order valence-electron chi connectivity index (χ3n) is 25.4. The van der Waals surface area contributed by atoms with Crippen molar-refractivity contribution in [2.75, 3.05) is 60.0 Å². The number of hydrogen-bond donors (Lipinski definition) is 0. The van der Waals surface area contributed by atoms with Crippen LogP contribution >= 0.6 is 35.7 Å². The molecule has 10 heterocycles. The minimum Gasteiger partial charge on any atom is -0.319 e. The number of fused-ring (bicyclic) bond motifs is 40. The van der Waals surface area contributed by atoms with Crippen molar-refractivity contribution in [3.8, 4) is 0 Å². The maximum Gasteiger partial charge on any atom is 0.146 e. The molecule has 0 saturated carbocycles. The van der Waals surface area contributed by atoms with Crippen molar-refractivity contribution in [3.63, 3.8) is 0 Å². The molecular formula is C110H87N10O5P5. The van der Waals surface area contributed by atoms with E-state index in [1.165, 1.54) is 16.2 Å². The standard InChI is InChI=1S/C26H19N2OP.4C21H17N2OP/c1-30(29,18-9-3-2-4-10-18)19-15-16-20-21-11-5-7-13-24(21)28-25-14-8-6-12-23(25)27-26(28)22(20)17-19;1-25(2,24)14-11-12-15-16-7-3-5-9-19(16)23-20-10-6-4-8-18(20)22-21(23)17(15)13-14;1-25(2,24)14-11-12-16-17(13-14)15-7-3-5-9-19(15)23-20-10-6-4-8-18(20)22-21(16)23;1-25(2,24)14-11-12-16-15-7-3-4-8-17(15)21-22-18-9-5-6-10-19(18)23(21)20(16)13-14;1-25(2,24)14-11-12-19-17(13-14)15-7-3-4-8-16(15)21-22-18-9-5-6-10-20(18)23(19)21/h2-17H,1H3;4*3-13H,1-2H3. The first-order valence-corrected chi connectivity index (χ1v) is 55.8. The second-order valence-electron chi connectivity index (χ2n) is 35.2. The summed E-state index contributed by atoms with van der Waals surface area (Å²) in [5.74, 6) is 0. The SMILES string of the molecule is CP(=O)(c1ccccc1)c1ccc2c3ccccc3n3c4ccccc4nc3c2c1.CP(C)(=O)c1ccc2c(c1)c1ccccc1c1nc3ccccc3n21.CP(C)(=O)c1ccc2c(c1)c1ccccc1n1c3ccccc3nc21.CP(C)(=O)c1ccc2c3ccccc3c3nc4ccccc4n3c2c1.CP(C)(=O)c1ccc2c3ccccc3n3c4ccccc4nc3c2c1. The quantitative estimate of drug-likeness (QED) is 0.115. The molecule has 0 fully saturated rings. The molecule has 0 aliphatic rings. The number of aromatic nitrogens is 10. The van der Waals surface area contributed by atoms with Gasteiger partial charge in [0.1, 0.15) is 63.9 Å². The van der Waals surface area contributed by atoms with Gasteiger partial charge in [0.25, 0.3) is 0 Å². The Kier molecular flexibility index (Phi) is 19.6. The zero-order valence-corrected chi connectivity index (χ0v) is 77.4. The minimum atomic E-state index is -2.71. The van der Waals surface area contributed by atoms with Crippen LogP contribution in [0.1, 0.15) is 0 Å². The van der Waals surface area contributed by atoms with E-state index in [0.717, 1.165) is 207 Å². The van der Waals surface area contributed by atoms with E-state index in [9.17, 15) is 22.8 Å². The molecule has 0 N–H and O–H groups in total. The lowest BCUT2D eigenvalue weighted by atomic mass is 10.1. The van der Waals surface area contributed by atoms with Crippen LogP contribution in [0.2, 0.25) is 0 Å². The minimum absolute atomic E-state index is 0.852. The van der Waals surface area contributed by atoms with Gasteiger partial charge in [-0.15, -0.1) is 0 Å². The van der Waals surface area contributed by atoms with E-state index in [0.29, 0.717) is 0 Å². The second kappa shape index (κ2) is 31.2. The van der Waals surface area contributed by atoms with E-state index in [1.54, 1.807) is 0 Å². The van der Waals surface area contributed by atoms with Gasteiger partial charge in [0, 0.05) is 85.7 Å². The van der Waals surface area contributed by atoms with Crippen molar-refractivity contribution in [1.29, 1.82) is 0 Å². The Bertz CT molecular complexity index is 9520. The predicted octanol–water partition coefficient (Wildman–Crippen LogP) is 25.9. The molecular weight excluding hydrogens is 1700 g/mol. The second-order valence-corrected chi connectivity index (χ2v) is 50.9. The lowest BCUT2D eigenvalue weighted by Crippen LogP contribution is -2.14. The summed E-state index contributed by atoms with van der Waals surface area (Å²) in [6, 6.07) is 123. The first-order chi connectivity index (χ1) is 62.8. The largest absolute Gasteiger partial charge is 0.319 e. The Morgan fingerprint density at radius 2 is 0.385 bits per heavy atom. The highest BCUT2D eigenvalue weighted by Crippen LogP contribution is 2.46. The predicted molar refractivity (Wildman–Crippen MR) is 554 cm³/mol. The molecule has 0 radical (unpaired) electrons. The van der Waals surface area contributed by atoms with Crippen molar-refractivity contribution < 1.29 is 22.8 Å². The van der Waals surface area contributed by atoms with E-state index in [4.69, 9.17) is 24.9 Å². The van der Waals surface area contributed by atoms with E-state index in [2.05, 4.69) is 216 Å². The van der Waals surface area contributed by atoms with Crippen molar-refractivity contribution >= 4 is 259 Å².